The molecule has 0 aliphatic carbocycles. The van der Waals surface area contributed by atoms with Crippen LogP contribution in [0.5, 0.6) is 0 Å². The molecule has 0 saturated heterocycles. The zero-order valence-electron chi connectivity index (χ0n) is 8.51. The summed E-state index contributed by atoms with van der Waals surface area (Å²) in [5.74, 6) is 1.06. The van der Waals surface area contributed by atoms with Crippen molar-refractivity contribution in [3.05, 3.63) is 16.1 Å². The first-order valence-corrected chi connectivity index (χ1v) is 5.25. The molecule has 1 aromatic heterocycles. The van der Waals surface area contributed by atoms with Crippen molar-refractivity contribution in [2.24, 2.45) is 0 Å². The summed E-state index contributed by atoms with van der Waals surface area (Å²) in [4.78, 5) is 4.18. The molecule has 1 heterocycles. The molecule has 1 aromatic rings. The smallest absolute Gasteiger partial charge is 0.147 e. The lowest BCUT2D eigenvalue weighted by molar-refractivity contribution is 0.281. The highest BCUT2D eigenvalue weighted by molar-refractivity contribution is 6.37. The molecule has 0 bridgehead atoms. The highest BCUT2D eigenvalue weighted by Gasteiger charge is 2.10. The molecule has 4 nitrogen and oxygen atoms in total. The number of aliphatic hydroxyl groups is 1. The number of rotatable bonds is 4. The first-order chi connectivity index (χ1) is 7.08. The Kier molecular flexibility index (Phi) is 4.45. The van der Waals surface area contributed by atoms with Crippen molar-refractivity contribution in [2.45, 2.75) is 13.0 Å². The second kappa shape index (κ2) is 5.39. The molecule has 1 unspecified atom stereocenters. The van der Waals surface area contributed by atoms with Gasteiger partial charge in [-0.1, -0.05) is 23.2 Å². The van der Waals surface area contributed by atoms with Gasteiger partial charge in [0.2, 0.25) is 0 Å². The Balaban J connectivity index is 2.97. The summed E-state index contributed by atoms with van der Waals surface area (Å²) < 4.78 is 0. The zero-order valence-corrected chi connectivity index (χ0v) is 10.0. The molecule has 0 spiro atoms. The van der Waals surface area contributed by atoms with E-state index < -0.39 is 0 Å². The molecule has 0 amide bonds. The standard InChI is InChI=1S/C9H13Cl2N3O/c1-5(4-15)13-9-7(11)3-6(10)8(12-2)14-9/h3,5,15H,4H2,1-2H3,(H2,12,13,14). The molecular formula is C9H13Cl2N3O. The summed E-state index contributed by atoms with van der Waals surface area (Å²) >= 11 is 11.8. The van der Waals surface area contributed by atoms with E-state index in [1.54, 1.807) is 13.1 Å². The van der Waals surface area contributed by atoms with E-state index in [0.717, 1.165) is 0 Å². The van der Waals surface area contributed by atoms with Crippen molar-refractivity contribution in [2.75, 3.05) is 24.3 Å². The number of halogens is 2. The van der Waals surface area contributed by atoms with Crippen molar-refractivity contribution in [3.63, 3.8) is 0 Å². The van der Waals surface area contributed by atoms with Crippen LogP contribution in [0.3, 0.4) is 0 Å². The number of aliphatic hydroxyl groups excluding tert-OH is 1. The Hall–Kier alpha value is -0.710. The minimum absolute atomic E-state index is 0.00945. The number of aromatic nitrogens is 1. The van der Waals surface area contributed by atoms with Gasteiger partial charge in [-0.05, 0) is 13.0 Å². The van der Waals surface area contributed by atoms with Gasteiger partial charge in [0, 0.05) is 13.1 Å². The number of pyridine rings is 1. The van der Waals surface area contributed by atoms with Crippen LogP contribution in [0.15, 0.2) is 6.07 Å². The molecule has 0 aliphatic heterocycles. The number of nitrogens with one attached hydrogen (secondary N) is 2. The maximum atomic E-state index is 8.89. The van der Waals surface area contributed by atoms with Crippen LogP contribution < -0.4 is 10.6 Å². The van der Waals surface area contributed by atoms with Gasteiger partial charge in [-0.15, -0.1) is 0 Å². The van der Waals surface area contributed by atoms with Crippen LogP contribution in [0.25, 0.3) is 0 Å². The maximum absolute atomic E-state index is 8.89. The van der Waals surface area contributed by atoms with Gasteiger partial charge in [-0.2, -0.15) is 0 Å². The van der Waals surface area contributed by atoms with E-state index >= 15 is 0 Å². The van der Waals surface area contributed by atoms with E-state index in [2.05, 4.69) is 15.6 Å². The maximum Gasteiger partial charge on any atom is 0.147 e. The third-order valence-electron chi connectivity index (χ3n) is 1.82. The molecule has 0 aromatic carbocycles. The Morgan fingerprint density at radius 2 is 2.00 bits per heavy atom. The summed E-state index contributed by atoms with van der Waals surface area (Å²) in [7, 11) is 1.72. The third-order valence-corrected chi connectivity index (χ3v) is 2.40. The molecule has 6 heteroatoms. The minimum atomic E-state index is -0.110. The molecule has 0 fully saturated rings. The highest BCUT2D eigenvalue weighted by Crippen LogP contribution is 2.29. The van der Waals surface area contributed by atoms with Crippen molar-refractivity contribution < 1.29 is 5.11 Å². The fourth-order valence-electron chi connectivity index (χ4n) is 1.02. The van der Waals surface area contributed by atoms with Gasteiger partial charge >= 0.3 is 0 Å². The Morgan fingerprint density at radius 1 is 1.40 bits per heavy atom. The normalized spacial score (nSPS) is 12.3. The van der Waals surface area contributed by atoms with Crippen LogP contribution in [-0.4, -0.2) is 29.8 Å². The van der Waals surface area contributed by atoms with Gasteiger partial charge in [-0.25, -0.2) is 4.98 Å². The fourth-order valence-corrected chi connectivity index (χ4v) is 1.53. The highest BCUT2D eigenvalue weighted by atomic mass is 35.5. The van der Waals surface area contributed by atoms with E-state index in [4.69, 9.17) is 28.3 Å². The average Bonchev–Trinajstić information content (AvgIpc) is 2.21. The molecule has 15 heavy (non-hydrogen) atoms. The first kappa shape index (κ1) is 12.4. The van der Waals surface area contributed by atoms with E-state index in [0.29, 0.717) is 21.7 Å². The van der Waals surface area contributed by atoms with Crippen molar-refractivity contribution in [3.8, 4) is 0 Å². The predicted molar refractivity (Wildman–Crippen MR) is 64.0 cm³/mol. The van der Waals surface area contributed by atoms with Crippen LogP contribution in [0.1, 0.15) is 6.92 Å². The molecule has 84 valence electrons. The molecule has 3 N–H and O–H groups in total. The predicted octanol–water partition coefficient (Wildman–Crippen LogP) is 2.22. The number of anilines is 2. The summed E-state index contributed by atoms with van der Waals surface area (Å²) in [5, 5.41) is 15.6. The number of nitrogens with zero attached hydrogens (tertiary/aromatic N) is 1. The van der Waals surface area contributed by atoms with Crippen LogP contribution in [-0.2, 0) is 0 Å². The number of hydrogen-bond acceptors (Lipinski definition) is 4. The second-order valence-corrected chi connectivity index (χ2v) is 3.94. The van der Waals surface area contributed by atoms with Crippen LogP contribution >= 0.6 is 23.2 Å². The van der Waals surface area contributed by atoms with Gasteiger partial charge < -0.3 is 15.7 Å². The van der Waals surface area contributed by atoms with Gasteiger partial charge in [0.05, 0.1) is 16.7 Å². The van der Waals surface area contributed by atoms with Crippen molar-refractivity contribution >= 4 is 34.8 Å². The van der Waals surface area contributed by atoms with E-state index in [1.165, 1.54) is 0 Å². The summed E-state index contributed by atoms with van der Waals surface area (Å²) in [6.07, 6.45) is 0. The summed E-state index contributed by atoms with van der Waals surface area (Å²) in [6.45, 7) is 1.83. The summed E-state index contributed by atoms with van der Waals surface area (Å²) in [5.41, 5.74) is 0. The first-order valence-electron chi connectivity index (χ1n) is 4.49. The molecule has 0 radical (unpaired) electrons. The van der Waals surface area contributed by atoms with Crippen molar-refractivity contribution in [1.82, 2.24) is 4.98 Å². The van der Waals surface area contributed by atoms with Gasteiger partial charge in [0.1, 0.15) is 11.6 Å². The Labute approximate surface area is 98.6 Å². The zero-order chi connectivity index (χ0) is 11.4. The van der Waals surface area contributed by atoms with Gasteiger partial charge in [0.15, 0.2) is 0 Å². The molecule has 0 saturated carbocycles. The quantitative estimate of drug-likeness (QED) is 0.766. The molecule has 1 rings (SSSR count). The average molecular weight is 250 g/mol. The van der Waals surface area contributed by atoms with Gasteiger partial charge in [0.25, 0.3) is 0 Å². The minimum Gasteiger partial charge on any atom is -0.394 e. The molecular weight excluding hydrogens is 237 g/mol. The molecule has 1 atom stereocenters. The lowest BCUT2D eigenvalue weighted by atomic mass is 10.3. The Morgan fingerprint density at radius 3 is 2.53 bits per heavy atom. The Bertz CT molecular complexity index is 346. The third kappa shape index (κ3) is 3.12. The SMILES string of the molecule is CNc1nc(NC(C)CO)c(Cl)cc1Cl. The lowest BCUT2D eigenvalue weighted by Crippen LogP contribution is -2.20. The topological polar surface area (TPSA) is 57.2 Å². The molecule has 0 aliphatic rings. The largest absolute Gasteiger partial charge is 0.394 e. The fraction of sp³-hybridized carbons (Fsp3) is 0.444. The number of hydrogen-bond donors (Lipinski definition) is 3. The second-order valence-electron chi connectivity index (χ2n) is 3.13. The van der Waals surface area contributed by atoms with Crippen molar-refractivity contribution in [1.29, 1.82) is 0 Å². The van der Waals surface area contributed by atoms with Crippen LogP contribution in [0.4, 0.5) is 11.6 Å². The monoisotopic (exact) mass is 249 g/mol. The van der Waals surface area contributed by atoms with Gasteiger partial charge in [-0.3, -0.25) is 0 Å². The van der Waals surface area contributed by atoms with Crippen LogP contribution in [0, 0.1) is 0 Å². The van der Waals surface area contributed by atoms with Crippen LogP contribution in [0.2, 0.25) is 10.0 Å². The lowest BCUT2D eigenvalue weighted by Gasteiger charge is -2.14. The van der Waals surface area contributed by atoms with E-state index in [1.807, 2.05) is 6.92 Å². The summed E-state index contributed by atoms with van der Waals surface area (Å²) in [6, 6.07) is 1.50. The van der Waals surface area contributed by atoms with E-state index in [-0.39, 0.29) is 12.6 Å². The van der Waals surface area contributed by atoms with E-state index in [9.17, 15) is 0 Å².